The molecule has 6 heteroatoms. The number of ether oxygens (including phenoxy) is 1. The molecule has 3 N–H and O–H groups in total. The molecule has 5 rings (SSSR count). The second-order valence-electron chi connectivity index (χ2n) is 11.3. The van der Waals surface area contributed by atoms with Gasteiger partial charge in [0.25, 0.3) is 0 Å². The second-order valence-corrected chi connectivity index (χ2v) is 11.3. The van der Waals surface area contributed by atoms with Crippen LogP contribution in [-0.4, -0.2) is 31.7 Å². The molecular formula is C33H39N3O3. The van der Waals surface area contributed by atoms with E-state index in [-0.39, 0.29) is 18.0 Å². The van der Waals surface area contributed by atoms with Crippen LogP contribution in [0.3, 0.4) is 0 Å². The van der Waals surface area contributed by atoms with Crippen LogP contribution in [0.25, 0.3) is 0 Å². The van der Waals surface area contributed by atoms with Gasteiger partial charge in [-0.1, -0.05) is 54.1 Å². The highest BCUT2D eigenvalue weighted by Crippen LogP contribution is 2.37. The number of aryl methyl sites for hydroxylation is 3. The van der Waals surface area contributed by atoms with Crippen LogP contribution < -0.4 is 16.0 Å². The summed E-state index contributed by atoms with van der Waals surface area (Å²) in [4.78, 5) is 27.5. The number of hydrogen-bond donors (Lipinski definition) is 2. The number of nitrogens with two attached hydrogens (primary N) is 1. The summed E-state index contributed by atoms with van der Waals surface area (Å²) >= 11 is 0. The van der Waals surface area contributed by atoms with Gasteiger partial charge in [-0.2, -0.15) is 0 Å². The highest BCUT2D eigenvalue weighted by molar-refractivity contribution is 5.90. The van der Waals surface area contributed by atoms with E-state index in [2.05, 4.69) is 74.6 Å². The number of rotatable bonds is 6. The highest BCUT2D eigenvalue weighted by atomic mass is 16.5. The molecule has 0 fully saturated rings. The Morgan fingerprint density at radius 3 is 2.33 bits per heavy atom. The van der Waals surface area contributed by atoms with Gasteiger partial charge in [-0.05, 0) is 104 Å². The molecule has 0 saturated carbocycles. The quantitative estimate of drug-likeness (QED) is 0.459. The zero-order chi connectivity index (χ0) is 27.7. The lowest BCUT2D eigenvalue weighted by molar-refractivity contribution is -0.123. The van der Waals surface area contributed by atoms with Crippen LogP contribution in [0.4, 0.5) is 10.5 Å². The Labute approximate surface area is 231 Å². The van der Waals surface area contributed by atoms with Crippen LogP contribution in [0.15, 0.2) is 54.6 Å². The number of nitrogens with zero attached hydrogens (tertiary/aromatic N) is 1. The first kappa shape index (κ1) is 26.9. The van der Waals surface area contributed by atoms with Gasteiger partial charge in [0, 0.05) is 6.54 Å². The fourth-order valence-electron chi connectivity index (χ4n) is 6.49. The van der Waals surface area contributed by atoms with E-state index < -0.39 is 6.04 Å². The molecule has 0 bridgehead atoms. The summed E-state index contributed by atoms with van der Waals surface area (Å²) in [6, 6.07) is 18.3. The van der Waals surface area contributed by atoms with Gasteiger partial charge in [0.1, 0.15) is 0 Å². The van der Waals surface area contributed by atoms with Crippen LogP contribution in [0.1, 0.15) is 57.0 Å². The Hall–Kier alpha value is -3.64. The van der Waals surface area contributed by atoms with Crippen molar-refractivity contribution in [3.63, 3.8) is 0 Å². The van der Waals surface area contributed by atoms with Gasteiger partial charge in [0.05, 0.1) is 24.9 Å². The highest BCUT2D eigenvalue weighted by Gasteiger charge is 2.32. The molecule has 1 aliphatic carbocycles. The molecule has 6 nitrogen and oxygen atoms in total. The largest absolute Gasteiger partial charge is 0.452 e. The van der Waals surface area contributed by atoms with Crippen molar-refractivity contribution in [1.82, 2.24) is 5.32 Å². The number of fused-ring (bicyclic) bond motifs is 2. The molecule has 204 valence electrons. The van der Waals surface area contributed by atoms with Crippen molar-refractivity contribution < 1.29 is 14.3 Å². The van der Waals surface area contributed by atoms with E-state index in [1.807, 2.05) is 6.07 Å². The molecule has 0 spiro atoms. The Kier molecular flexibility index (Phi) is 7.76. The molecule has 3 aromatic carbocycles. The zero-order valence-corrected chi connectivity index (χ0v) is 23.4. The Morgan fingerprint density at radius 2 is 1.69 bits per heavy atom. The number of carbonyl (C=O) groups excluding carboxylic acids is 2. The Morgan fingerprint density at radius 1 is 1.03 bits per heavy atom. The molecule has 0 saturated heterocycles. The van der Waals surface area contributed by atoms with Crippen molar-refractivity contribution in [3.05, 3.63) is 99.1 Å². The molecule has 2 atom stereocenters. The lowest BCUT2D eigenvalue weighted by Crippen LogP contribution is -2.46. The molecular weight excluding hydrogens is 486 g/mol. The van der Waals surface area contributed by atoms with E-state index in [0.29, 0.717) is 25.3 Å². The predicted octanol–water partition coefficient (Wildman–Crippen LogP) is 5.27. The minimum atomic E-state index is -0.660. The molecule has 0 unspecified atom stereocenters. The SMILES string of the molecule is COC(=O)N1CC[C@@H](NC(=O)[C@@H](N)Cc2c(C)cc(C)cc2C)c2cc(CC3Cc4ccccc4C3)ccc21. The summed E-state index contributed by atoms with van der Waals surface area (Å²) in [6.07, 6.45) is 3.80. The number of carbonyl (C=O) groups is 2. The topological polar surface area (TPSA) is 84.7 Å². The van der Waals surface area contributed by atoms with Gasteiger partial charge in [0.2, 0.25) is 5.91 Å². The normalized spacial score (nSPS) is 17.4. The third kappa shape index (κ3) is 5.71. The maximum atomic E-state index is 13.3. The summed E-state index contributed by atoms with van der Waals surface area (Å²) in [6.45, 7) is 6.69. The first-order valence-corrected chi connectivity index (χ1v) is 13.9. The van der Waals surface area contributed by atoms with Crippen molar-refractivity contribution >= 4 is 17.7 Å². The van der Waals surface area contributed by atoms with Crippen LogP contribution in [0, 0.1) is 26.7 Å². The van der Waals surface area contributed by atoms with Gasteiger partial charge in [-0.3, -0.25) is 9.69 Å². The number of benzene rings is 3. The van der Waals surface area contributed by atoms with Crippen molar-refractivity contribution in [2.45, 2.75) is 65.0 Å². The lowest BCUT2D eigenvalue weighted by Gasteiger charge is -2.34. The van der Waals surface area contributed by atoms with E-state index in [9.17, 15) is 9.59 Å². The van der Waals surface area contributed by atoms with Crippen molar-refractivity contribution in [2.24, 2.45) is 11.7 Å². The number of nitrogens with one attached hydrogen (secondary N) is 1. The van der Waals surface area contributed by atoms with Crippen LogP contribution in [0.2, 0.25) is 0 Å². The molecule has 1 heterocycles. The zero-order valence-electron chi connectivity index (χ0n) is 23.4. The smallest absolute Gasteiger partial charge is 0.414 e. The van der Waals surface area contributed by atoms with E-state index in [1.54, 1.807) is 4.90 Å². The van der Waals surface area contributed by atoms with Crippen LogP contribution in [0.5, 0.6) is 0 Å². The van der Waals surface area contributed by atoms with Crippen LogP contribution in [-0.2, 0) is 35.2 Å². The van der Waals surface area contributed by atoms with Gasteiger partial charge in [-0.25, -0.2) is 4.79 Å². The number of hydrogen-bond acceptors (Lipinski definition) is 4. The third-order valence-corrected chi connectivity index (χ3v) is 8.37. The lowest BCUT2D eigenvalue weighted by atomic mass is 9.90. The van der Waals surface area contributed by atoms with Gasteiger partial charge < -0.3 is 15.8 Å². The minimum absolute atomic E-state index is 0.173. The average molecular weight is 526 g/mol. The summed E-state index contributed by atoms with van der Waals surface area (Å²) < 4.78 is 5.05. The molecule has 0 aromatic heterocycles. The number of anilines is 1. The summed E-state index contributed by atoms with van der Waals surface area (Å²) in [5, 5.41) is 3.22. The maximum Gasteiger partial charge on any atom is 0.414 e. The van der Waals surface area contributed by atoms with Crippen molar-refractivity contribution in [3.8, 4) is 0 Å². The summed E-state index contributed by atoms with van der Waals surface area (Å²) in [7, 11) is 1.40. The van der Waals surface area contributed by atoms with Gasteiger partial charge in [0.15, 0.2) is 0 Å². The summed E-state index contributed by atoms with van der Waals surface area (Å²) in [5.41, 5.74) is 16.9. The molecule has 39 heavy (non-hydrogen) atoms. The monoisotopic (exact) mass is 525 g/mol. The van der Waals surface area contributed by atoms with E-state index >= 15 is 0 Å². The second kappa shape index (κ2) is 11.2. The van der Waals surface area contributed by atoms with Crippen molar-refractivity contribution in [2.75, 3.05) is 18.6 Å². The number of methoxy groups -OCH3 is 1. The fraction of sp³-hybridized carbons (Fsp3) is 0.394. The van der Waals surface area contributed by atoms with E-state index in [1.165, 1.54) is 29.4 Å². The van der Waals surface area contributed by atoms with Crippen LogP contribution >= 0.6 is 0 Å². The minimum Gasteiger partial charge on any atom is -0.452 e. The first-order valence-electron chi connectivity index (χ1n) is 13.9. The van der Waals surface area contributed by atoms with Crippen molar-refractivity contribution in [1.29, 1.82) is 0 Å². The molecule has 1 aliphatic heterocycles. The van der Waals surface area contributed by atoms with E-state index in [4.69, 9.17) is 10.5 Å². The molecule has 2 amide bonds. The summed E-state index contributed by atoms with van der Waals surface area (Å²) in [5.74, 6) is 0.372. The Bertz CT molecular complexity index is 1350. The van der Waals surface area contributed by atoms with Gasteiger partial charge >= 0.3 is 6.09 Å². The standard InChI is InChI=1S/C33H39N3O3/c1-20-13-21(2)27(22(3)14-20)19-29(34)32(37)35-30-11-12-36(33(38)39-4)31-10-9-23(18-28(30)31)15-24-16-25-7-5-6-8-26(25)17-24/h5-10,13-14,18,24,29-30H,11-12,15-17,19,34H2,1-4H3,(H,35,37)/t29-,30+/m0/s1. The third-order valence-electron chi connectivity index (χ3n) is 8.37. The Balaban J connectivity index is 1.35. The first-order chi connectivity index (χ1) is 18.7. The number of amides is 2. The molecule has 3 aromatic rings. The molecule has 2 aliphatic rings. The van der Waals surface area contributed by atoms with E-state index in [0.717, 1.165) is 47.2 Å². The predicted molar refractivity (Wildman–Crippen MR) is 155 cm³/mol. The average Bonchev–Trinajstić information content (AvgIpc) is 3.32. The van der Waals surface area contributed by atoms with Gasteiger partial charge in [-0.15, -0.1) is 0 Å². The fourth-order valence-corrected chi connectivity index (χ4v) is 6.49. The molecule has 0 radical (unpaired) electrons. The maximum absolute atomic E-state index is 13.3.